The van der Waals surface area contributed by atoms with Gasteiger partial charge in [-0.1, -0.05) is 0 Å². The average Bonchev–Trinajstić information content (AvgIpc) is 2.12. The number of hydrogen-bond acceptors (Lipinski definition) is 3. The summed E-state index contributed by atoms with van der Waals surface area (Å²) in [6.07, 6.45) is 2.80. The van der Waals surface area contributed by atoms with Crippen LogP contribution in [0.3, 0.4) is 0 Å². The van der Waals surface area contributed by atoms with Crippen molar-refractivity contribution < 1.29 is 0 Å². The minimum atomic E-state index is 0.812. The van der Waals surface area contributed by atoms with Crippen molar-refractivity contribution in [2.45, 2.75) is 18.9 Å². The summed E-state index contributed by atoms with van der Waals surface area (Å²) < 4.78 is 0. The van der Waals surface area contributed by atoms with E-state index < -0.39 is 0 Å². The highest BCUT2D eigenvalue weighted by Crippen LogP contribution is 2.17. The Balaban J connectivity index is 1.63. The van der Waals surface area contributed by atoms with Gasteiger partial charge in [0.05, 0.1) is 0 Å². The van der Waals surface area contributed by atoms with Crippen LogP contribution in [0.4, 0.5) is 0 Å². The van der Waals surface area contributed by atoms with Crippen LogP contribution < -0.4 is 5.32 Å². The van der Waals surface area contributed by atoms with Crippen LogP contribution in [-0.2, 0) is 0 Å². The predicted molar refractivity (Wildman–Crippen MR) is 59.5 cm³/mol. The van der Waals surface area contributed by atoms with Gasteiger partial charge >= 0.3 is 0 Å². The third-order valence-electron chi connectivity index (χ3n) is 3.58. The van der Waals surface area contributed by atoms with Gasteiger partial charge in [-0.05, 0) is 45.9 Å². The van der Waals surface area contributed by atoms with Gasteiger partial charge in [0.1, 0.15) is 0 Å². The van der Waals surface area contributed by atoms with Crippen molar-refractivity contribution >= 4 is 0 Å². The van der Waals surface area contributed by atoms with Crippen molar-refractivity contribution in [2.24, 2.45) is 5.92 Å². The minimum absolute atomic E-state index is 0.812. The molecule has 1 atom stereocenters. The standard InChI is InChI=1S/C11H23N3/c1-13(2)11-8-14(9-11)7-10-4-3-5-12-6-10/h10-12H,3-9H2,1-2H3/t10-/m1/s1. The van der Waals surface area contributed by atoms with E-state index in [1.54, 1.807) is 0 Å². The highest BCUT2D eigenvalue weighted by atomic mass is 15.3. The molecule has 0 saturated carbocycles. The summed E-state index contributed by atoms with van der Waals surface area (Å²) in [6.45, 7) is 6.35. The van der Waals surface area contributed by atoms with E-state index >= 15 is 0 Å². The number of nitrogens with one attached hydrogen (secondary N) is 1. The first-order chi connectivity index (χ1) is 6.75. The second-order valence-electron chi connectivity index (χ2n) is 5.05. The first kappa shape index (κ1) is 10.4. The molecular formula is C11H23N3. The molecule has 2 aliphatic rings. The van der Waals surface area contributed by atoms with E-state index in [9.17, 15) is 0 Å². The van der Waals surface area contributed by atoms with Crippen LogP contribution in [0.1, 0.15) is 12.8 Å². The molecule has 0 aromatic rings. The van der Waals surface area contributed by atoms with Crippen LogP contribution in [0.15, 0.2) is 0 Å². The van der Waals surface area contributed by atoms with Crippen LogP contribution >= 0.6 is 0 Å². The Hall–Kier alpha value is -0.120. The zero-order valence-corrected chi connectivity index (χ0v) is 9.50. The molecule has 0 unspecified atom stereocenters. The van der Waals surface area contributed by atoms with E-state index in [2.05, 4.69) is 29.2 Å². The van der Waals surface area contributed by atoms with E-state index in [4.69, 9.17) is 0 Å². The predicted octanol–water partition coefficient (Wildman–Crippen LogP) is 0.232. The number of piperidine rings is 1. The largest absolute Gasteiger partial charge is 0.316 e. The van der Waals surface area contributed by atoms with Crippen LogP contribution in [0.25, 0.3) is 0 Å². The second-order valence-corrected chi connectivity index (χ2v) is 5.05. The highest BCUT2D eigenvalue weighted by Gasteiger charge is 2.29. The van der Waals surface area contributed by atoms with Gasteiger partial charge in [-0.2, -0.15) is 0 Å². The summed E-state index contributed by atoms with van der Waals surface area (Å²) in [5, 5.41) is 3.49. The van der Waals surface area contributed by atoms with Crippen molar-refractivity contribution in [3.63, 3.8) is 0 Å². The number of hydrogen-bond donors (Lipinski definition) is 1. The Labute approximate surface area is 87.4 Å². The molecule has 0 aromatic carbocycles. The molecule has 0 aliphatic carbocycles. The minimum Gasteiger partial charge on any atom is -0.316 e. The highest BCUT2D eigenvalue weighted by molar-refractivity contribution is 4.87. The smallest absolute Gasteiger partial charge is 0.0344 e. The van der Waals surface area contributed by atoms with Gasteiger partial charge < -0.3 is 10.2 Å². The fraction of sp³-hybridized carbons (Fsp3) is 1.00. The third-order valence-corrected chi connectivity index (χ3v) is 3.58. The zero-order valence-electron chi connectivity index (χ0n) is 9.50. The van der Waals surface area contributed by atoms with E-state index in [1.165, 1.54) is 45.6 Å². The molecule has 3 heteroatoms. The molecule has 0 bridgehead atoms. The summed E-state index contributed by atoms with van der Waals surface area (Å²) in [4.78, 5) is 4.94. The maximum atomic E-state index is 3.49. The third kappa shape index (κ3) is 2.47. The Kier molecular flexibility index (Phi) is 3.42. The summed E-state index contributed by atoms with van der Waals surface area (Å²) >= 11 is 0. The van der Waals surface area contributed by atoms with Crippen molar-refractivity contribution in [3.8, 4) is 0 Å². The molecule has 2 fully saturated rings. The lowest BCUT2D eigenvalue weighted by molar-refractivity contribution is 0.0469. The second kappa shape index (κ2) is 4.60. The Morgan fingerprint density at radius 3 is 2.71 bits per heavy atom. The summed E-state index contributed by atoms with van der Waals surface area (Å²) in [5.74, 6) is 0.909. The molecule has 2 rings (SSSR count). The van der Waals surface area contributed by atoms with E-state index in [1.807, 2.05) is 0 Å². The zero-order chi connectivity index (χ0) is 9.97. The van der Waals surface area contributed by atoms with Crippen LogP contribution in [0.2, 0.25) is 0 Å². The van der Waals surface area contributed by atoms with Crippen LogP contribution in [-0.4, -0.2) is 62.7 Å². The van der Waals surface area contributed by atoms with Gasteiger partial charge in [-0.3, -0.25) is 4.90 Å². The average molecular weight is 197 g/mol. The van der Waals surface area contributed by atoms with Gasteiger partial charge in [0.15, 0.2) is 0 Å². The van der Waals surface area contributed by atoms with E-state index in [0.717, 1.165) is 12.0 Å². The molecule has 0 amide bonds. The normalized spacial score (nSPS) is 30.6. The molecular weight excluding hydrogens is 174 g/mol. The molecule has 14 heavy (non-hydrogen) atoms. The van der Waals surface area contributed by atoms with Gasteiger partial charge in [0.25, 0.3) is 0 Å². The molecule has 82 valence electrons. The topological polar surface area (TPSA) is 18.5 Å². The molecule has 1 N–H and O–H groups in total. The fourth-order valence-corrected chi connectivity index (χ4v) is 2.46. The maximum absolute atomic E-state index is 3.49. The first-order valence-electron chi connectivity index (χ1n) is 5.85. The van der Waals surface area contributed by atoms with Crippen molar-refractivity contribution in [1.29, 1.82) is 0 Å². The van der Waals surface area contributed by atoms with E-state index in [0.29, 0.717) is 0 Å². The van der Waals surface area contributed by atoms with Crippen LogP contribution in [0.5, 0.6) is 0 Å². The molecule has 3 nitrogen and oxygen atoms in total. The Morgan fingerprint density at radius 2 is 2.14 bits per heavy atom. The number of likely N-dealkylation sites (N-methyl/N-ethyl adjacent to an activating group) is 1. The van der Waals surface area contributed by atoms with E-state index in [-0.39, 0.29) is 0 Å². The van der Waals surface area contributed by atoms with Gasteiger partial charge in [-0.15, -0.1) is 0 Å². The molecule has 0 spiro atoms. The van der Waals surface area contributed by atoms with Crippen molar-refractivity contribution in [1.82, 2.24) is 15.1 Å². The Bertz CT molecular complexity index is 169. The Morgan fingerprint density at radius 1 is 1.36 bits per heavy atom. The monoisotopic (exact) mass is 197 g/mol. The SMILES string of the molecule is CN(C)C1CN(C[C@@H]2CCCNC2)C1. The van der Waals surface area contributed by atoms with Gasteiger partial charge in [-0.25, -0.2) is 0 Å². The summed E-state index contributed by atoms with van der Waals surface area (Å²) in [5.41, 5.74) is 0. The fourth-order valence-electron chi connectivity index (χ4n) is 2.46. The number of nitrogens with zero attached hydrogens (tertiary/aromatic N) is 2. The lowest BCUT2D eigenvalue weighted by atomic mass is 9.96. The molecule has 2 aliphatic heterocycles. The quantitative estimate of drug-likeness (QED) is 0.699. The van der Waals surface area contributed by atoms with Gasteiger partial charge in [0, 0.05) is 25.7 Å². The molecule has 2 saturated heterocycles. The summed E-state index contributed by atoms with van der Waals surface area (Å²) in [6, 6.07) is 0.812. The molecule has 0 radical (unpaired) electrons. The van der Waals surface area contributed by atoms with Crippen molar-refractivity contribution in [3.05, 3.63) is 0 Å². The van der Waals surface area contributed by atoms with Gasteiger partial charge in [0.2, 0.25) is 0 Å². The molecule has 2 heterocycles. The number of rotatable bonds is 3. The van der Waals surface area contributed by atoms with Crippen molar-refractivity contribution in [2.75, 3.05) is 46.8 Å². The summed E-state index contributed by atoms with van der Waals surface area (Å²) in [7, 11) is 4.37. The first-order valence-corrected chi connectivity index (χ1v) is 5.85. The number of likely N-dealkylation sites (tertiary alicyclic amines) is 1. The van der Waals surface area contributed by atoms with Crippen LogP contribution in [0, 0.1) is 5.92 Å². The maximum Gasteiger partial charge on any atom is 0.0344 e. The lowest BCUT2D eigenvalue weighted by Crippen LogP contribution is -2.58. The lowest BCUT2D eigenvalue weighted by Gasteiger charge is -2.44. The molecule has 0 aromatic heterocycles.